The van der Waals surface area contributed by atoms with Crippen LogP contribution >= 0.6 is 11.3 Å². The zero-order valence-electron chi connectivity index (χ0n) is 11.4. The molecular formula is C13H19N3O3S. The van der Waals surface area contributed by atoms with Crippen LogP contribution in [0.15, 0.2) is 11.4 Å². The van der Waals surface area contributed by atoms with Gasteiger partial charge in [-0.15, -0.1) is 11.3 Å². The monoisotopic (exact) mass is 297 g/mol. The Labute approximate surface area is 121 Å². The highest BCUT2D eigenvalue weighted by molar-refractivity contribution is 7.12. The molecule has 2 rings (SSSR count). The lowest BCUT2D eigenvalue weighted by Gasteiger charge is -2.33. The van der Waals surface area contributed by atoms with Gasteiger partial charge in [0.1, 0.15) is 10.6 Å². The van der Waals surface area contributed by atoms with Crippen molar-refractivity contribution in [2.75, 3.05) is 26.7 Å². The minimum atomic E-state index is -0.493. The average Bonchev–Trinajstić information content (AvgIpc) is 2.93. The standard InChI is InChI=1S/C13H19N3O3S/c1-19-10-4-7-20-12(10)13(18)16(8-11(14)17)9-2-5-15-6-3-9/h4,7,9,15H,2-3,5-6,8H2,1H3,(H2,14,17). The SMILES string of the molecule is COc1ccsc1C(=O)N(CC(N)=O)C1CCNCC1. The summed E-state index contributed by atoms with van der Waals surface area (Å²) in [6.07, 6.45) is 1.65. The largest absolute Gasteiger partial charge is 0.495 e. The van der Waals surface area contributed by atoms with Gasteiger partial charge in [-0.3, -0.25) is 9.59 Å². The quantitative estimate of drug-likeness (QED) is 0.826. The van der Waals surface area contributed by atoms with Crippen molar-refractivity contribution in [2.45, 2.75) is 18.9 Å². The molecule has 1 saturated heterocycles. The number of hydrogen-bond donors (Lipinski definition) is 2. The Balaban J connectivity index is 2.21. The fraction of sp³-hybridized carbons (Fsp3) is 0.538. The maximum absolute atomic E-state index is 12.6. The number of nitrogens with one attached hydrogen (secondary N) is 1. The first kappa shape index (κ1) is 14.8. The molecule has 110 valence electrons. The summed E-state index contributed by atoms with van der Waals surface area (Å²) in [5.74, 6) is -0.127. The third kappa shape index (κ3) is 3.29. The molecule has 0 radical (unpaired) electrons. The van der Waals surface area contributed by atoms with E-state index >= 15 is 0 Å². The van der Waals surface area contributed by atoms with Crippen LogP contribution in [0.1, 0.15) is 22.5 Å². The second-order valence-electron chi connectivity index (χ2n) is 4.70. The van der Waals surface area contributed by atoms with Crippen LogP contribution in [0.2, 0.25) is 0 Å². The second-order valence-corrected chi connectivity index (χ2v) is 5.61. The molecule has 7 heteroatoms. The van der Waals surface area contributed by atoms with Crippen molar-refractivity contribution in [3.05, 3.63) is 16.3 Å². The Kier molecular flexibility index (Phi) is 4.97. The van der Waals surface area contributed by atoms with Gasteiger partial charge in [-0.2, -0.15) is 0 Å². The molecule has 2 amide bonds. The van der Waals surface area contributed by atoms with E-state index in [9.17, 15) is 9.59 Å². The lowest BCUT2D eigenvalue weighted by molar-refractivity contribution is -0.119. The summed E-state index contributed by atoms with van der Waals surface area (Å²) in [5.41, 5.74) is 5.29. The van der Waals surface area contributed by atoms with E-state index in [0.29, 0.717) is 10.6 Å². The molecule has 0 saturated carbocycles. The molecule has 1 aliphatic heterocycles. The Morgan fingerprint density at radius 2 is 2.20 bits per heavy atom. The van der Waals surface area contributed by atoms with Crippen molar-refractivity contribution >= 4 is 23.2 Å². The molecule has 2 heterocycles. The molecule has 0 aromatic carbocycles. The highest BCUT2D eigenvalue weighted by atomic mass is 32.1. The van der Waals surface area contributed by atoms with Gasteiger partial charge >= 0.3 is 0 Å². The van der Waals surface area contributed by atoms with Crippen molar-refractivity contribution in [3.63, 3.8) is 0 Å². The third-order valence-electron chi connectivity index (χ3n) is 3.38. The van der Waals surface area contributed by atoms with E-state index < -0.39 is 5.91 Å². The molecule has 0 atom stereocenters. The van der Waals surface area contributed by atoms with Gasteiger partial charge in [-0.05, 0) is 37.4 Å². The van der Waals surface area contributed by atoms with Gasteiger partial charge in [-0.25, -0.2) is 0 Å². The topological polar surface area (TPSA) is 84.7 Å². The summed E-state index contributed by atoms with van der Waals surface area (Å²) in [6.45, 7) is 1.63. The molecule has 1 aromatic rings. The molecule has 3 N–H and O–H groups in total. The molecule has 6 nitrogen and oxygen atoms in total. The van der Waals surface area contributed by atoms with Crippen molar-refractivity contribution in [1.29, 1.82) is 0 Å². The van der Waals surface area contributed by atoms with Crippen LogP contribution in [-0.2, 0) is 4.79 Å². The van der Waals surface area contributed by atoms with E-state index in [1.54, 1.807) is 16.3 Å². The van der Waals surface area contributed by atoms with Gasteiger partial charge in [0.05, 0.1) is 13.7 Å². The van der Waals surface area contributed by atoms with Crippen LogP contribution in [0.25, 0.3) is 0 Å². The van der Waals surface area contributed by atoms with E-state index in [2.05, 4.69) is 5.32 Å². The van der Waals surface area contributed by atoms with Gasteiger partial charge in [0, 0.05) is 6.04 Å². The van der Waals surface area contributed by atoms with E-state index in [0.717, 1.165) is 25.9 Å². The zero-order chi connectivity index (χ0) is 14.5. The van der Waals surface area contributed by atoms with Crippen LogP contribution in [0.4, 0.5) is 0 Å². The zero-order valence-corrected chi connectivity index (χ0v) is 12.2. The number of thiophene rings is 1. The minimum Gasteiger partial charge on any atom is -0.495 e. The Bertz CT molecular complexity index is 483. The smallest absolute Gasteiger partial charge is 0.268 e. The fourth-order valence-corrected chi connectivity index (χ4v) is 3.21. The molecule has 0 aliphatic carbocycles. The Hall–Kier alpha value is -1.60. The Morgan fingerprint density at radius 1 is 1.50 bits per heavy atom. The number of methoxy groups -OCH3 is 1. The van der Waals surface area contributed by atoms with Crippen LogP contribution in [0.3, 0.4) is 0 Å². The number of rotatable bonds is 5. The molecular weight excluding hydrogens is 278 g/mol. The normalized spacial score (nSPS) is 15.8. The lowest BCUT2D eigenvalue weighted by atomic mass is 10.0. The minimum absolute atomic E-state index is 0.0445. The number of primary amides is 1. The molecule has 1 fully saturated rings. The maximum atomic E-state index is 12.6. The van der Waals surface area contributed by atoms with Gasteiger partial charge in [-0.1, -0.05) is 0 Å². The number of nitrogens with two attached hydrogens (primary N) is 1. The molecule has 0 bridgehead atoms. The molecule has 0 unspecified atom stereocenters. The van der Waals surface area contributed by atoms with Crippen molar-refractivity contribution in [2.24, 2.45) is 5.73 Å². The van der Waals surface area contributed by atoms with Crippen LogP contribution < -0.4 is 15.8 Å². The van der Waals surface area contributed by atoms with Crippen LogP contribution in [-0.4, -0.2) is 49.5 Å². The molecule has 1 aromatic heterocycles. The summed E-state index contributed by atoms with van der Waals surface area (Å²) >= 11 is 1.32. The predicted octanol–water partition coefficient (Wildman–Crippen LogP) is 0.436. The second kappa shape index (κ2) is 6.71. The van der Waals surface area contributed by atoms with Gasteiger partial charge < -0.3 is 20.7 Å². The first-order valence-corrected chi connectivity index (χ1v) is 7.43. The van der Waals surface area contributed by atoms with Crippen LogP contribution in [0, 0.1) is 0 Å². The summed E-state index contributed by atoms with van der Waals surface area (Å²) in [5, 5.41) is 5.05. The van der Waals surface area contributed by atoms with Crippen molar-refractivity contribution in [3.8, 4) is 5.75 Å². The van der Waals surface area contributed by atoms with Gasteiger partial charge in [0.25, 0.3) is 5.91 Å². The number of amides is 2. The highest BCUT2D eigenvalue weighted by Gasteiger charge is 2.29. The van der Waals surface area contributed by atoms with Crippen molar-refractivity contribution in [1.82, 2.24) is 10.2 Å². The van der Waals surface area contributed by atoms with Gasteiger partial charge in [0.15, 0.2) is 0 Å². The summed E-state index contributed by atoms with van der Waals surface area (Å²) in [6, 6.07) is 1.80. The summed E-state index contributed by atoms with van der Waals surface area (Å²) in [4.78, 5) is 26.0. The lowest BCUT2D eigenvalue weighted by Crippen LogP contribution is -2.49. The van der Waals surface area contributed by atoms with Crippen molar-refractivity contribution < 1.29 is 14.3 Å². The molecule has 1 aliphatic rings. The van der Waals surface area contributed by atoms with Gasteiger partial charge in [0.2, 0.25) is 5.91 Å². The predicted molar refractivity (Wildman–Crippen MR) is 77.0 cm³/mol. The maximum Gasteiger partial charge on any atom is 0.268 e. The third-order valence-corrected chi connectivity index (χ3v) is 4.26. The number of piperidine rings is 1. The number of hydrogen-bond acceptors (Lipinski definition) is 5. The number of carbonyl (C=O) groups excluding carboxylic acids is 2. The Morgan fingerprint density at radius 3 is 2.80 bits per heavy atom. The first-order chi connectivity index (χ1) is 9.63. The number of carbonyl (C=O) groups is 2. The van der Waals surface area contributed by atoms with E-state index in [1.807, 2.05) is 0 Å². The summed E-state index contributed by atoms with van der Waals surface area (Å²) < 4.78 is 5.18. The summed E-state index contributed by atoms with van der Waals surface area (Å²) in [7, 11) is 1.53. The molecule has 0 spiro atoms. The van der Waals surface area contributed by atoms with E-state index in [1.165, 1.54) is 18.4 Å². The number of nitrogens with zero attached hydrogens (tertiary/aromatic N) is 1. The highest BCUT2D eigenvalue weighted by Crippen LogP contribution is 2.27. The van der Waals surface area contributed by atoms with E-state index in [-0.39, 0.29) is 18.5 Å². The number of ether oxygens (including phenoxy) is 1. The average molecular weight is 297 g/mol. The van der Waals surface area contributed by atoms with E-state index in [4.69, 9.17) is 10.5 Å². The first-order valence-electron chi connectivity index (χ1n) is 6.55. The van der Waals surface area contributed by atoms with Crippen LogP contribution in [0.5, 0.6) is 5.75 Å². The molecule has 20 heavy (non-hydrogen) atoms. The fourth-order valence-electron chi connectivity index (χ4n) is 2.40.